The molecule has 5 rings (SSSR count). The number of aliphatic hydroxyl groups excluding tert-OH is 2. The lowest BCUT2D eigenvalue weighted by Crippen LogP contribution is -2.24. The van der Waals surface area contributed by atoms with Crippen LogP contribution in [0, 0.1) is 0 Å². The molecule has 150 valence electrons. The van der Waals surface area contributed by atoms with Crippen molar-refractivity contribution in [1.29, 1.82) is 0 Å². The lowest BCUT2D eigenvalue weighted by atomic mass is 10.1. The Labute approximate surface area is 169 Å². The van der Waals surface area contributed by atoms with Gasteiger partial charge in [0.05, 0.1) is 22.9 Å². The molecule has 3 heterocycles. The summed E-state index contributed by atoms with van der Waals surface area (Å²) in [6.07, 6.45) is -1.26. The molecule has 2 aromatic carbocycles. The zero-order chi connectivity index (χ0) is 20.0. The van der Waals surface area contributed by atoms with Gasteiger partial charge in [0.2, 0.25) is 6.79 Å². The third kappa shape index (κ3) is 3.42. The average molecular weight is 414 g/mol. The first kappa shape index (κ1) is 18.3. The van der Waals surface area contributed by atoms with E-state index >= 15 is 0 Å². The molecule has 3 aromatic rings. The number of rotatable bonds is 4. The van der Waals surface area contributed by atoms with Gasteiger partial charge in [-0.2, -0.15) is 0 Å². The van der Waals surface area contributed by atoms with Crippen LogP contribution in [-0.2, 0) is 4.74 Å². The lowest BCUT2D eigenvalue weighted by molar-refractivity contribution is -0.0225. The number of carbonyl (C=O) groups is 1. The molecule has 1 aromatic heterocycles. The molecule has 9 heteroatoms. The standard InChI is InChI=1S/C20H18N2O6S/c23-8-17-13(24)7-16(28-17)20-22-12-5-10(1-4-18(12)29-20)19(25)21-11-2-3-14-15(6-11)27-9-26-14/h1-6,13,16-17,23-24H,7-9H2,(H,21,25)/t13-,16+,17+/m0/s1. The summed E-state index contributed by atoms with van der Waals surface area (Å²) in [5, 5.41) is 22.8. The second kappa shape index (κ2) is 7.27. The number of carbonyl (C=O) groups excluding carboxylic acids is 1. The van der Waals surface area contributed by atoms with Crippen molar-refractivity contribution in [3.8, 4) is 11.5 Å². The molecular formula is C20H18N2O6S. The summed E-state index contributed by atoms with van der Waals surface area (Å²) in [7, 11) is 0. The van der Waals surface area contributed by atoms with E-state index < -0.39 is 12.2 Å². The van der Waals surface area contributed by atoms with Gasteiger partial charge in [-0.25, -0.2) is 4.98 Å². The molecular weight excluding hydrogens is 396 g/mol. The molecule has 0 spiro atoms. The van der Waals surface area contributed by atoms with Crippen molar-refractivity contribution in [2.45, 2.75) is 24.7 Å². The van der Waals surface area contributed by atoms with E-state index in [4.69, 9.17) is 14.2 Å². The van der Waals surface area contributed by atoms with E-state index in [0.29, 0.717) is 34.7 Å². The maximum absolute atomic E-state index is 12.7. The third-order valence-corrected chi connectivity index (χ3v) is 6.10. The maximum Gasteiger partial charge on any atom is 0.255 e. The molecule has 8 nitrogen and oxygen atoms in total. The van der Waals surface area contributed by atoms with E-state index in [-0.39, 0.29) is 25.4 Å². The van der Waals surface area contributed by atoms with Crippen LogP contribution in [0.1, 0.15) is 27.9 Å². The summed E-state index contributed by atoms with van der Waals surface area (Å²) < 4.78 is 17.2. The summed E-state index contributed by atoms with van der Waals surface area (Å²) in [4.78, 5) is 17.2. The SMILES string of the molecule is O=C(Nc1ccc2c(c1)OCO2)c1ccc2sc([C@H]3C[C@H](O)[C@@H](CO)O3)nc2c1. The fourth-order valence-electron chi connectivity index (χ4n) is 3.45. The van der Waals surface area contributed by atoms with Crippen molar-refractivity contribution >= 4 is 33.1 Å². The molecule has 0 saturated carbocycles. The minimum absolute atomic E-state index is 0.177. The van der Waals surface area contributed by atoms with E-state index in [1.807, 2.05) is 6.07 Å². The number of amides is 1. The first-order valence-electron chi connectivity index (χ1n) is 9.16. The first-order valence-corrected chi connectivity index (χ1v) is 9.98. The first-order chi connectivity index (χ1) is 14.1. The van der Waals surface area contributed by atoms with Crippen LogP contribution in [0.25, 0.3) is 10.2 Å². The molecule has 3 atom stereocenters. The van der Waals surface area contributed by atoms with Gasteiger partial charge < -0.3 is 29.7 Å². The highest BCUT2D eigenvalue weighted by atomic mass is 32.1. The van der Waals surface area contributed by atoms with Gasteiger partial charge in [-0.05, 0) is 30.3 Å². The fourth-order valence-corrected chi connectivity index (χ4v) is 4.45. The molecule has 3 N–H and O–H groups in total. The van der Waals surface area contributed by atoms with Gasteiger partial charge >= 0.3 is 0 Å². The van der Waals surface area contributed by atoms with E-state index in [1.165, 1.54) is 11.3 Å². The predicted octanol–water partition coefficient (Wildman–Crippen LogP) is 2.46. The van der Waals surface area contributed by atoms with Gasteiger partial charge in [-0.15, -0.1) is 11.3 Å². The van der Waals surface area contributed by atoms with Crippen molar-refractivity contribution < 1.29 is 29.2 Å². The molecule has 2 aliphatic heterocycles. The molecule has 0 unspecified atom stereocenters. The van der Waals surface area contributed by atoms with Crippen LogP contribution in [0.5, 0.6) is 11.5 Å². The summed E-state index contributed by atoms with van der Waals surface area (Å²) in [5.74, 6) is 0.998. The predicted molar refractivity (Wildman–Crippen MR) is 105 cm³/mol. The van der Waals surface area contributed by atoms with Gasteiger partial charge in [0.15, 0.2) is 11.5 Å². The Kier molecular flexibility index (Phi) is 4.59. The number of nitrogens with one attached hydrogen (secondary N) is 1. The number of anilines is 1. The minimum Gasteiger partial charge on any atom is -0.454 e. The largest absolute Gasteiger partial charge is 0.454 e. The third-order valence-electron chi connectivity index (χ3n) is 4.98. The number of fused-ring (bicyclic) bond motifs is 2. The second-order valence-corrected chi connectivity index (χ2v) is 7.97. The number of benzene rings is 2. The van der Waals surface area contributed by atoms with Crippen LogP contribution >= 0.6 is 11.3 Å². The summed E-state index contributed by atoms with van der Waals surface area (Å²) >= 11 is 1.46. The van der Waals surface area contributed by atoms with Crippen molar-refractivity contribution in [3.05, 3.63) is 47.0 Å². The topological polar surface area (TPSA) is 110 Å². The van der Waals surface area contributed by atoms with Crippen LogP contribution in [0.15, 0.2) is 36.4 Å². The summed E-state index contributed by atoms with van der Waals surface area (Å²) in [5.41, 5.74) is 1.78. The number of hydrogen-bond donors (Lipinski definition) is 3. The van der Waals surface area contributed by atoms with Gasteiger partial charge in [0.25, 0.3) is 5.91 Å². The second-order valence-electron chi connectivity index (χ2n) is 6.91. The molecule has 29 heavy (non-hydrogen) atoms. The van der Waals surface area contributed by atoms with Crippen LogP contribution < -0.4 is 14.8 Å². The Morgan fingerprint density at radius 1 is 1.21 bits per heavy atom. The van der Waals surface area contributed by atoms with Crippen molar-refractivity contribution in [1.82, 2.24) is 4.98 Å². The molecule has 2 aliphatic rings. The zero-order valence-electron chi connectivity index (χ0n) is 15.2. The zero-order valence-corrected chi connectivity index (χ0v) is 16.0. The number of thiazole rings is 1. The van der Waals surface area contributed by atoms with Crippen LogP contribution in [0.2, 0.25) is 0 Å². The van der Waals surface area contributed by atoms with Crippen molar-refractivity contribution in [2.75, 3.05) is 18.7 Å². The Balaban J connectivity index is 1.35. The van der Waals surface area contributed by atoms with E-state index in [2.05, 4.69) is 10.3 Å². The maximum atomic E-state index is 12.7. The number of aromatic nitrogens is 1. The highest BCUT2D eigenvalue weighted by molar-refractivity contribution is 7.18. The minimum atomic E-state index is -0.708. The molecule has 0 aliphatic carbocycles. The van der Waals surface area contributed by atoms with E-state index in [9.17, 15) is 15.0 Å². The number of nitrogens with zero attached hydrogens (tertiary/aromatic N) is 1. The van der Waals surface area contributed by atoms with Crippen LogP contribution in [-0.4, -0.2) is 46.7 Å². The van der Waals surface area contributed by atoms with Gasteiger partial charge in [0, 0.05) is 23.7 Å². The molecule has 0 bridgehead atoms. The smallest absolute Gasteiger partial charge is 0.255 e. The number of ether oxygens (including phenoxy) is 3. The number of aliphatic hydroxyl groups is 2. The average Bonchev–Trinajstić information content (AvgIpc) is 3.44. The molecule has 1 saturated heterocycles. The lowest BCUT2D eigenvalue weighted by Gasteiger charge is -2.09. The normalized spacial score (nSPS) is 22.9. The number of hydrogen-bond acceptors (Lipinski definition) is 8. The molecule has 1 fully saturated rings. The fraction of sp³-hybridized carbons (Fsp3) is 0.300. The monoisotopic (exact) mass is 414 g/mol. The Hall–Kier alpha value is -2.72. The van der Waals surface area contributed by atoms with E-state index in [1.54, 1.807) is 30.3 Å². The summed E-state index contributed by atoms with van der Waals surface area (Å²) in [6, 6.07) is 10.6. The van der Waals surface area contributed by atoms with Crippen LogP contribution in [0.4, 0.5) is 5.69 Å². The van der Waals surface area contributed by atoms with Gasteiger partial charge in [0.1, 0.15) is 17.2 Å². The van der Waals surface area contributed by atoms with Crippen molar-refractivity contribution in [3.63, 3.8) is 0 Å². The molecule has 1 amide bonds. The highest BCUT2D eigenvalue weighted by Crippen LogP contribution is 2.37. The van der Waals surface area contributed by atoms with Crippen LogP contribution in [0.3, 0.4) is 0 Å². The quantitative estimate of drug-likeness (QED) is 0.601. The Bertz CT molecular complexity index is 1080. The Morgan fingerprint density at radius 3 is 2.90 bits per heavy atom. The van der Waals surface area contributed by atoms with Gasteiger partial charge in [-0.1, -0.05) is 0 Å². The Morgan fingerprint density at radius 2 is 2.07 bits per heavy atom. The van der Waals surface area contributed by atoms with Gasteiger partial charge in [-0.3, -0.25) is 4.79 Å². The molecule has 0 radical (unpaired) electrons. The van der Waals surface area contributed by atoms with Crippen molar-refractivity contribution in [2.24, 2.45) is 0 Å². The highest BCUT2D eigenvalue weighted by Gasteiger charge is 2.36. The summed E-state index contributed by atoms with van der Waals surface area (Å²) in [6.45, 7) is -0.0525. The van der Waals surface area contributed by atoms with E-state index in [0.717, 1.165) is 9.71 Å².